The number of nitrogens with one attached hydrogen (secondary N) is 2. The van der Waals surface area contributed by atoms with E-state index in [2.05, 4.69) is 40.7 Å². The van der Waals surface area contributed by atoms with Crippen molar-refractivity contribution in [2.24, 2.45) is 0 Å². The fourth-order valence-corrected chi connectivity index (χ4v) is 5.23. The summed E-state index contributed by atoms with van der Waals surface area (Å²) in [5.74, 6) is -2.21. The number of rotatable bonds is 9. The SMILES string of the molecule is C[C@H]1CN(c2ccc(-n3cc(C(=O)NCCCN4CCOCC4)nn3)cc2NC(=O)c2cnc(C#N)nc2C(F)(F)F)CCN1C. The summed E-state index contributed by atoms with van der Waals surface area (Å²) in [5.41, 5.74) is -1.06. The van der Waals surface area contributed by atoms with Crippen molar-refractivity contribution >= 4 is 23.2 Å². The van der Waals surface area contributed by atoms with Gasteiger partial charge in [0.25, 0.3) is 11.8 Å². The molecule has 0 radical (unpaired) electrons. The van der Waals surface area contributed by atoms with E-state index in [4.69, 9.17) is 10.00 Å². The number of carbonyl (C=O) groups is 2. The highest BCUT2D eigenvalue weighted by atomic mass is 19.4. The molecule has 0 spiro atoms. The predicted molar refractivity (Wildman–Crippen MR) is 160 cm³/mol. The second kappa shape index (κ2) is 14.2. The summed E-state index contributed by atoms with van der Waals surface area (Å²) in [4.78, 5) is 39.3. The zero-order valence-electron chi connectivity index (χ0n) is 25.4. The van der Waals surface area contributed by atoms with Crippen molar-refractivity contribution in [3.05, 3.63) is 53.4 Å². The Morgan fingerprint density at radius 1 is 1.15 bits per heavy atom. The number of morpholine rings is 1. The third-order valence-electron chi connectivity index (χ3n) is 7.96. The molecule has 2 N–H and O–H groups in total. The molecule has 244 valence electrons. The molecule has 2 aromatic heterocycles. The van der Waals surface area contributed by atoms with Gasteiger partial charge < -0.3 is 25.2 Å². The van der Waals surface area contributed by atoms with Crippen molar-refractivity contribution in [3.63, 3.8) is 0 Å². The van der Waals surface area contributed by atoms with E-state index in [0.717, 1.165) is 32.6 Å². The lowest BCUT2D eigenvalue weighted by atomic mass is 10.1. The summed E-state index contributed by atoms with van der Waals surface area (Å²) >= 11 is 0. The van der Waals surface area contributed by atoms with Gasteiger partial charge in [0.15, 0.2) is 11.4 Å². The number of halogens is 3. The average molecular weight is 642 g/mol. The topological polar surface area (TPSA) is 157 Å². The number of nitrogens with zero attached hydrogens (tertiary/aromatic N) is 9. The third-order valence-corrected chi connectivity index (χ3v) is 7.96. The number of benzene rings is 1. The number of hydrogen-bond donors (Lipinski definition) is 2. The summed E-state index contributed by atoms with van der Waals surface area (Å²) < 4.78 is 48.1. The lowest BCUT2D eigenvalue weighted by Gasteiger charge is -2.39. The Morgan fingerprint density at radius 3 is 2.65 bits per heavy atom. The van der Waals surface area contributed by atoms with Gasteiger partial charge in [0, 0.05) is 51.5 Å². The highest BCUT2D eigenvalue weighted by molar-refractivity contribution is 6.06. The van der Waals surface area contributed by atoms with Gasteiger partial charge in [-0.05, 0) is 45.1 Å². The summed E-state index contributed by atoms with van der Waals surface area (Å²) in [6.45, 7) is 8.41. The Bertz CT molecular complexity index is 1600. The molecular formula is C29H34F3N11O3. The van der Waals surface area contributed by atoms with E-state index in [-0.39, 0.29) is 17.4 Å². The maximum absolute atomic E-state index is 13.8. The largest absolute Gasteiger partial charge is 0.434 e. The molecule has 4 heterocycles. The summed E-state index contributed by atoms with van der Waals surface area (Å²) in [6, 6.07) is 6.64. The highest BCUT2D eigenvalue weighted by Gasteiger charge is 2.38. The van der Waals surface area contributed by atoms with Crippen LogP contribution in [-0.4, -0.2) is 119 Å². The van der Waals surface area contributed by atoms with Crippen molar-refractivity contribution in [2.45, 2.75) is 25.6 Å². The van der Waals surface area contributed by atoms with E-state index < -0.39 is 35.1 Å². The zero-order valence-corrected chi connectivity index (χ0v) is 25.4. The Hall–Kier alpha value is -4.66. The fourth-order valence-electron chi connectivity index (χ4n) is 5.23. The van der Waals surface area contributed by atoms with Crippen molar-refractivity contribution in [2.75, 3.05) is 76.3 Å². The molecule has 2 aliphatic rings. The monoisotopic (exact) mass is 641 g/mol. The van der Waals surface area contributed by atoms with Crippen LogP contribution in [0.1, 0.15) is 45.7 Å². The molecule has 1 atom stereocenters. The van der Waals surface area contributed by atoms with Crippen molar-refractivity contribution < 1.29 is 27.5 Å². The molecule has 14 nitrogen and oxygen atoms in total. The van der Waals surface area contributed by atoms with E-state index in [1.165, 1.54) is 16.9 Å². The Balaban J connectivity index is 1.37. The highest BCUT2D eigenvalue weighted by Crippen LogP contribution is 2.33. The summed E-state index contributed by atoms with van der Waals surface area (Å²) in [5, 5.41) is 22.5. The average Bonchev–Trinajstić information content (AvgIpc) is 3.55. The summed E-state index contributed by atoms with van der Waals surface area (Å²) in [6.07, 6.45) is -2.12. The molecule has 2 fully saturated rings. The van der Waals surface area contributed by atoms with Crippen molar-refractivity contribution in [3.8, 4) is 11.8 Å². The number of alkyl halides is 3. The van der Waals surface area contributed by atoms with Gasteiger partial charge in [-0.3, -0.25) is 14.5 Å². The van der Waals surface area contributed by atoms with E-state index in [9.17, 15) is 22.8 Å². The summed E-state index contributed by atoms with van der Waals surface area (Å²) in [7, 11) is 2.00. The zero-order chi connectivity index (χ0) is 32.8. The first kappa shape index (κ1) is 32.7. The van der Waals surface area contributed by atoms with Crippen molar-refractivity contribution in [1.29, 1.82) is 5.26 Å². The molecule has 1 aromatic carbocycles. The van der Waals surface area contributed by atoms with Crippen LogP contribution in [0.15, 0.2) is 30.6 Å². The quantitative estimate of drug-likeness (QED) is 0.328. The molecule has 0 bridgehead atoms. The Morgan fingerprint density at radius 2 is 1.93 bits per heavy atom. The number of likely N-dealkylation sites (N-methyl/N-ethyl adjacent to an activating group) is 1. The van der Waals surface area contributed by atoms with Crippen LogP contribution >= 0.6 is 0 Å². The molecule has 2 amide bonds. The number of hydrogen-bond acceptors (Lipinski definition) is 11. The van der Waals surface area contributed by atoms with Crippen LogP contribution in [0.3, 0.4) is 0 Å². The Kier molecular flexibility index (Phi) is 10.1. The van der Waals surface area contributed by atoms with Crippen LogP contribution in [-0.2, 0) is 10.9 Å². The molecule has 5 rings (SSSR count). The number of amides is 2. The molecular weight excluding hydrogens is 607 g/mol. The van der Waals surface area contributed by atoms with E-state index in [1.807, 2.05) is 18.9 Å². The maximum Gasteiger partial charge on any atom is 0.434 e. The van der Waals surface area contributed by atoms with Crippen LogP contribution in [0.5, 0.6) is 0 Å². The van der Waals surface area contributed by atoms with Gasteiger partial charge in [0.05, 0.1) is 42.0 Å². The van der Waals surface area contributed by atoms with Crippen LogP contribution < -0.4 is 15.5 Å². The number of piperazine rings is 1. The number of carbonyl (C=O) groups excluding carboxylic acids is 2. The minimum absolute atomic E-state index is 0.0819. The molecule has 2 saturated heterocycles. The standard InChI is InChI=1S/C29H34F3N11O3/c1-19-17-42(9-8-40(19)2)24-5-4-20(14-22(24)36-27(44)21-16-35-25(15-33)37-26(21)29(30,31)32)43-18-23(38-39-43)28(45)34-6-3-7-41-10-12-46-13-11-41/h4-5,14,16,18-19H,3,6-13,17H2,1-2H3,(H,34,45)(H,36,44)/t19-/m0/s1. The van der Waals surface area contributed by atoms with Crippen molar-refractivity contribution in [1.82, 2.24) is 40.1 Å². The number of aromatic nitrogens is 5. The van der Waals surface area contributed by atoms with Gasteiger partial charge in [-0.2, -0.15) is 18.4 Å². The van der Waals surface area contributed by atoms with Gasteiger partial charge in [0.1, 0.15) is 6.07 Å². The molecule has 3 aromatic rings. The van der Waals surface area contributed by atoms with Gasteiger partial charge >= 0.3 is 6.18 Å². The minimum atomic E-state index is -5.00. The normalized spacial score (nSPS) is 17.8. The molecule has 0 saturated carbocycles. The van der Waals surface area contributed by atoms with E-state index in [0.29, 0.717) is 50.4 Å². The number of nitriles is 1. The van der Waals surface area contributed by atoms with Crippen LogP contribution in [0.25, 0.3) is 5.69 Å². The first-order valence-electron chi connectivity index (χ1n) is 14.8. The molecule has 2 aliphatic heterocycles. The van der Waals surface area contributed by atoms with Gasteiger partial charge in [-0.15, -0.1) is 5.10 Å². The Labute approximate surface area is 263 Å². The maximum atomic E-state index is 13.8. The minimum Gasteiger partial charge on any atom is -0.379 e. The van der Waals surface area contributed by atoms with Crippen LogP contribution in [0.2, 0.25) is 0 Å². The fraction of sp³-hybridized carbons (Fsp3) is 0.483. The molecule has 0 unspecified atom stereocenters. The first-order valence-corrected chi connectivity index (χ1v) is 14.8. The molecule has 0 aliphatic carbocycles. The van der Waals surface area contributed by atoms with Gasteiger partial charge in [0.2, 0.25) is 5.82 Å². The third kappa shape index (κ3) is 7.76. The second-order valence-electron chi connectivity index (χ2n) is 11.1. The van der Waals surface area contributed by atoms with Gasteiger partial charge in [-0.1, -0.05) is 5.21 Å². The number of ether oxygens (including phenoxy) is 1. The van der Waals surface area contributed by atoms with E-state index >= 15 is 0 Å². The lowest BCUT2D eigenvalue weighted by Crippen LogP contribution is -2.50. The first-order chi connectivity index (χ1) is 22.0. The molecule has 17 heteroatoms. The van der Waals surface area contributed by atoms with Crippen LogP contribution in [0, 0.1) is 11.3 Å². The van der Waals surface area contributed by atoms with E-state index in [1.54, 1.807) is 18.2 Å². The lowest BCUT2D eigenvalue weighted by molar-refractivity contribution is -0.141. The molecule has 46 heavy (non-hydrogen) atoms. The van der Waals surface area contributed by atoms with Gasteiger partial charge in [-0.25, -0.2) is 14.6 Å². The predicted octanol–water partition coefficient (Wildman–Crippen LogP) is 1.79. The van der Waals surface area contributed by atoms with Crippen LogP contribution in [0.4, 0.5) is 24.5 Å². The number of anilines is 2. The smallest absolute Gasteiger partial charge is 0.379 e. The second-order valence-corrected chi connectivity index (χ2v) is 11.1.